The minimum atomic E-state index is -0.665. The number of hydrogen-bond acceptors (Lipinski definition) is 4. The normalized spacial score (nSPS) is 19.8. The highest BCUT2D eigenvalue weighted by molar-refractivity contribution is 5.82. The molecule has 0 bridgehead atoms. The van der Waals surface area contributed by atoms with Crippen LogP contribution in [0.5, 0.6) is 0 Å². The number of likely N-dealkylation sites (N-methyl/N-ethyl adjacent to an activating group) is 1. The van der Waals surface area contributed by atoms with Crippen molar-refractivity contribution < 1.29 is 14.3 Å². The molecule has 1 aliphatic carbocycles. The van der Waals surface area contributed by atoms with E-state index in [0.717, 1.165) is 19.3 Å². The number of rotatable bonds is 7. The summed E-state index contributed by atoms with van der Waals surface area (Å²) in [6.45, 7) is 6.53. The molecule has 1 aliphatic rings. The molecule has 1 unspecified atom stereocenters. The Kier molecular flexibility index (Phi) is 4.55. The van der Waals surface area contributed by atoms with E-state index in [9.17, 15) is 4.79 Å². The van der Waals surface area contributed by atoms with E-state index in [-0.39, 0.29) is 11.6 Å². The van der Waals surface area contributed by atoms with E-state index in [1.54, 1.807) is 7.05 Å². The van der Waals surface area contributed by atoms with Crippen LogP contribution in [0.1, 0.15) is 40.0 Å². The van der Waals surface area contributed by atoms with Gasteiger partial charge in [0.05, 0.1) is 19.3 Å². The van der Waals surface area contributed by atoms with Gasteiger partial charge in [-0.05, 0) is 46.1 Å². The monoisotopic (exact) mass is 243 g/mol. The molecule has 0 aromatic heterocycles. The highest BCUT2D eigenvalue weighted by atomic mass is 16.5. The van der Waals surface area contributed by atoms with Crippen molar-refractivity contribution in [2.24, 2.45) is 5.92 Å². The topological polar surface area (TPSA) is 47.6 Å². The molecule has 4 heteroatoms. The van der Waals surface area contributed by atoms with Gasteiger partial charge in [-0.2, -0.15) is 0 Å². The summed E-state index contributed by atoms with van der Waals surface area (Å²) in [5.74, 6) is 0.127. The second-order valence-electron chi connectivity index (χ2n) is 5.39. The highest BCUT2D eigenvalue weighted by Gasteiger charge is 2.51. The number of esters is 1. The molecule has 4 nitrogen and oxygen atoms in total. The summed E-state index contributed by atoms with van der Waals surface area (Å²) in [7, 11) is 3.24. The maximum Gasteiger partial charge on any atom is 0.328 e. The van der Waals surface area contributed by atoms with Gasteiger partial charge in [-0.15, -0.1) is 0 Å². The van der Waals surface area contributed by atoms with E-state index < -0.39 is 5.54 Å². The fourth-order valence-electron chi connectivity index (χ4n) is 1.89. The number of hydrogen-bond donors (Lipinski definition) is 1. The molecule has 0 aromatic rings. The van der Waals surface area contributed by atoms with E-state index in [4.69, 9.17) is 9.47 Å². The molecular formula is C13H25NO3. The Balaban J connectivity index is 2.73. The molecule has 0 radical (unpaired) electrons. The Morgan fingerprint density at radius 1 is 1.41 bits per heavy atom. The molecule has 0 saturated heterocycles. The van der Waals surface area contributed by atoms with Crippen LogP contribution in [0.4, 0.5) is 0 Å². The standard InChI is InChI=1S/C13H25NO3/c1-6-12(2,3)17-9-13(14-4,10-7-8-10)11(15)16-5/h10,14H,6-9H2,1-5H3. The third kappa shape index (κ3) is 3.19. The SMILES string of the molecule is CCC(C)(C)OCC(NC)(C(=O)OC)C1CC1. The van der Waals surface area contributed by atoms with Crippen molar-refractivity contribution in [3.8, 4) is 0 Å². The average molecular weight is 243 g/mol. The fraction of sp³-hybridized carbons (Fsp3) is 0.923. The Bertz CT molecular complexity index is 274. The summed E-state index contributed by atoms with van der Waals surface area (Å²) in [6.07, 6.45) is 3.04. The lowest BCUT2D eigenvalue weighted by molar-refractivity contribution is -0.156. The smallest absolute Gasteiger partial charge is 0.328 e. The summed E-state index contributed by atoms with van der Waals surface area (Å²) in [5.41, 5.74) is -0.869. The predicted molar refractivity (Wildman–Crippen MR) is 66.9 cm³/mol. The zero-order chi connectivity index (χ0) is 13.1. The molecule has 100 valence electrons. The second-order valence-corrected chi connectivity index (χ2v) is 5.39. The lowest BCUT2D eigenvalue weighted by Gasteiger charge is -2.34. The summed E-state index contributed by atoms with van der Waals surface area (Å²) in [6, 6.07) is 0. The first-order chi connectivity index (χ1) is 7.91. The van der Waals surface area contributed by atoms with Gasteiger partial charge in [0.2, 0.25) is 0 Å². The second kappa shape index (κ2) is 5.36. The lowest BCUT2D eigenvalue weighted by atomic mass is 9.94. The quantitative estimate of drug-likeness (QED) is 0.692. The summed E-state index contributed by atoms with van der Waals surface area (Å²) in [4.78, 5) is 12.0. The first-order valence-electron chi connectivity index (χ1n) is 6.33. The van der Waals surface area contributed by atoms with E-state index in [1.165, 1.54) is 7.11 Å². The van der Waals surface area contributed by atoms with E-state index in [0.29, 0.717) is 12.5 Å². The van der Waals surface area contributed by atoms with Gasteiger partial charge in [0.1, 0.15) is 5.54 Å². The van der Waals surface area contributed by atoms with Crippen molar-refractivity contribution in [1.29, 1.82) is 0 Å². The van der Waals surface area contributed by atoms with Gasteiger partial charge in [-0.3, -0.25) is 0 Å². The zero-order valence-electron chi connectivity index (χ0n) is 11.6. The summed E-state index contributed by atoms with van der Waals surface area (Å²) < 4.78 is 10.8. The maximum atomic E-state index is 12.0. The predicted octanol–water partition coefficient (Wildman–Crippen LogP) is 1.73. The van der Waals surface area contributed by atoms with Crippen LogP contribution >= 0.6 is 0 Å². The highest BCUT2D eigenvalue weighted by Crippen LogP contribution is 2.41. The third-order valence-corrected chi connectivity index (χ3v) is 3.81. The molecule has 0 spiro atoms. The average Bonchev–Trinajstić information content (AvgIpc) is 3.14. The minimum absolute atomic E-state index is 0.203. The van der Waals surface area contributed by atoms with Crippen molar-refractivity contribution in [1.82, 2.24) is 5.32 Å². The molecule has 1 saturated carbocycles. The van der Waals surface area contributed by atoms with Gasteiger partial charge in [0.15, 0.2) is 0 Å². The summed E-state index contributed by atoms with van der Waals surface area (Å²) in [5, 5.41) is 3.13. The van der Waals surface area contributed by atoms with Gasteiger partial charge in [0.25, 0.3) is 0 Å². The van der Waals surface area contributed by atoms with Gasteiger partial charge in [-0.1, -0.05) is 6.92 Å². The molecule has 0 amide bonds. The molecule has 1 N–H and O–H groups in total. The van der Waals surface area contributed by atoms with Crippen LogP contribution < -0.4 is 5.32 Å². The number of carbonyl (C=O) groups is 1. The van der Waals surface area contributed by atoms with E-state index in [2.05, 4.69) is 12.2 Å². The molecule has 0 aromatic carbocycles. The number of ether oxygens (including phenoxy) is 2. The molecular weight excluding hydrogens is 218 g/mol. The zero-order valence-corrected chi connectivity index (χ0v) is 11.6. The number of methoxy groups -OCH3 is 1. The molecule has 17 heavy (non-hydrogen) atoms. The van der Waals surface area contributed by atoms with Gasteiger partial charge in [0, 0.05) is 0 Å². The van der Waals surface area contributed by atoms with Crippen LogP contribution in [0, 0.1) is 5.92 Å². The van der Waals surface area contributed by atoms with Crippen LogP contribution in [-0.2, 0) is 14.3 Å². The van der Waals surface area contributed by atoms with Crippen molar-refractivity contribution in [2.45, 2.75) is 51.2 Å². The Morgan fingerprint density at radius 2 is 2.00 bits per heavy atom. The Hall–Kier alpha value is -0.610. The lowest BCUT2D eigenvalue weighted by Crippen LogP contribution is -2.57. The van der Waals surface area contributed by atoms with Crippen molar-refractivity contribution >= 4 is 5.97 Å². The van der Waals surface area contributed by atoms with Crippen LogP contribution in [0.3, 0.4) is 0 Å². The van der Waals surface area contributed by atoms with E-state index >= 15 is 0 Å². The van der Waals surface area contributed by atoms with Crippen molar-refractivity contribution in [3.63, 3.8) is 0 Å². The largest absolute Gasteiger partial charge is 0.468 e. The van der Waals surface area contributed by atoms with Gasteiger partial charge < -0.3 is 14.8 Å². The number of carbonyl (C=O) groups excluding carboxylic acids is 1. The molecule has 1 atom stereocenters. The van der Waals surface area contributed by atoms with E-state index in [1.807, 2.05) is 13.8 Å². The first kappa shape index (κ1) is 14.5. The number of nitrogens with one attached hydrogen (secondary N) is 1. The Morgan fingerprint density at radius 3 is 2.35 bits per heavy atom. The third-order valence-electron chi connectivity index (χ3n) is 3.81. The fourth-order valence-corrected chi connectivity index (χ4v) is 1.89. The van der Waals surface area contributed by atoms with Crippen LogP contribution in [0.2, 0.25) is 0 Å². The maximum absolute atomic E-state index is 12.0. The molecule has 0 aliphatic heterocycles. The Labute approximate surface area is 104 Å². The van der Waals surface area contributed by atoms with Gasteiger partial charge in [-0.25, -0.2) is 4.79 Å². The van der Waals surface area contributed by atoms with Crippen LogP contribution in [0.15, 0.2) is 0 Å². The molecule has 0 heterocycles. The van der Waals surface area contributed by atoms with Gasteiger partial charge >= 0.3 is 5.97 Å². The minimum Gasteiger partial charge on any atom is -0.468 e. The van der Waals surface area contributed by atoms with Crippen LogP contribution in [-0.4, -0.2) is 37.9 Å². The van der Waals surface area contributed by atoms with Crippen LogP contribution in [0.25, 0.3) is 0 Å². The molecule has 1 fully saturated rings. The van der Waals surface area contributed by atoms with Crippen molar-refractivity contribution in [2.75, 3.05) is 20.8 Å². The summed E-state index contributed by atoms with van der Waals surface area (Å²) >= 11 is 0. The first-order valence-corrected chi connectivity index (χ1v) is 6.33. The van der Waals surface area contributed by atoms with Crippen molar-refractivity contribution in [3.05, 3.63) is 0 Å². The molecule has 1 rings (SSSR count).